The van der Waals surface area contributed by atoms with Crippen molar-refractivity contribution in [1.29, 1.82) is 0 Å². The number of aryl methyl sites for hydroxylation is 2. The average Bonchev–Trinajstić information content (AvgIpc) is 2.89. The lowest BCUT2D eigenvalue weighted by atomic mass is 10.1. The molecule has 1 heterocycles. The van der Waals surface area contributed by atoms with Crippen molar-refractivity contribution in [3.63, 3.8) is 0 Å². The van der Waals surface area contributed by atoms with E-state index in [9.17, 15) is 9.59 Å². The molecule has 1 atom stereocenters. The molecule has 0 aromatic heterocycles. The number of fused-ring (bicyclic) bond motifs is 1. The summed E-state index contributed by atoms with van der Waals surface area (Å²) in [4.78, 5) is 26.8. The van der Waals surface area contributed by atoms with E-state index in [1.54, 1.807) is 0 Å². The summed E-state index contributed by atoms with van der Waals surface area (Å²) >= 11 is 0. The van der Waals surface area contributed by atoms with Gasteiger partial charge >= 0.3 is 0 Å². The quantitative estimate of drug-likeness (QED) is 0.725. The van der Waals surface area contributed by atoms with Crippen LogP contribution in [-0.2, 0) is 9.59 Å². The van der Waals surface area contributed by atoms with E-state index >= 15 is 0 Å². The van der Waals surface area contributed by atoms with E-state index in [1.165, 1.54) is 4.90 Å². The van der Waals surface area contributed by atoms with Gasteiger partial charge in [-0.1, -0.05) is 48.5 Å². The number of carbonyl (C=O) groups is 2. The molecule has 2 amide bonds. The summed E-state index contributed by atoms with van der Waals surface area (Å²) in [6.45, 7) is 3.85. The lowest BCUT2D eigenvalue weighted by Gasteiger charge is -2.20. The van der Waals surface area contributed by atoms with Gasteiger partial charge in [-0.05, 0) is 47.9 Å². The van der Waals surface area contributed by atoms with Gasteiger partial charge in [0, 0.05) is 5.69 Å². The Bertz CT molecular complexity index is 1010. The molecular formula is C22H20N2O2. The van der Waals surface area contributed by atoms with Crippen molar-refractivity contribution in [2.75, 3.05) is 10.2 Å². The maximum Gasteiger partial charge on any atom is 0.256 e. The minimum Gasteiger partial charge on any atom is -0.373 e. The van der Waals surface area contributed by atoms with Crippen LogP contribution in [0.4, 0.5) is 11.4 Å². The zero-order chi connectivity index (χ0) is 18.3. The number of nitrogens with one attached hydrogen (secondary N) is 1. The van der Waals surface area contributed by atoms with Gasteiger partial charge in [0.15, 0.2) is 0 Å². The topological polar surface area (TPSA) is 49.4 Å². The molecule has 0 aliphatic carbocycles. The first-order valence-corrected chi connectivity index (χ1v) is 8.73. The first kappa shape index (κ1) is 16.3. The van der Waals surface area contributed by atoms with E-state index in [0.29, 0.717) is 5.69 Å². The molecule has 4 rings (SSSR count). The van der Waals surface area contributed by atoms with Crippen LogP contribution >= 0.6 is 0 Å². The van der Waals surface area contributed by atoms with Crippen LogP contribution in [0.1, 0.15) is 17.5 Å². The molecule has 1 N–H and O–H groups in total. The average molecular weight is 344 g/mol. The summed E-state index contributed by atoms with van der Waals surface area (Å²) in [5.74, 6) is -0.355. The van der Waals surface area contributed by atoms with Crippen molar-refractivity contribution in [2.24, 2.45) is 0 Å². The van der Waals surface area contributed by atoms with Crippen molar-refractivity contribution in [2.45, 2.75) is 26.3 Å². The van der Waals surface area contributed by atoms with Crippen LogP contribution in [0.5, 0.6) is 0 Å². The van der Waals surface area contributed by atoms with Crippen molar-refractivity contribution in [1.82, 2.24) is 0 Å². The number of hydrogen-bond acceptors (Lipinski definition) is 3. The van der Waals surface area contributed by atoms with Crippen molar-refractivity contribution in [3.05, 3.63) is 71.8 Å². The molecule has 0 unspecified atom stereocenters. The second kappa shape index (κ2) is 6.30. The Hall–Kier alpha value is -3.14. The summed E-state index contributed by atoms with van der Waals surface area (Å²) in [6.07, 6.45) is 0.166. The highest BCUT2D eigenvalue weighted by Crippen LogP contribution is 2.31. The number of hydrogen-bond donors (Lipinski definition) is 1. The number of para-hydroxylation sites is 1. The van der Waals surface area contributed by atoms with E-state index < -0.39 is 6.04 Å². The van der Waals surface area contributed by atoms with Gasteiger partial charge in [-0.3, -0.25) is 9.59 Å². The van der Waals surface area contributed by atoms with Gasteiger partial charge in [0.25, 0.3) is 5.91 Å². The number of amides is 2. The molecule has 26 heavy (non-hydrogen) atoms. The van der Waals surface area contributed by atoms with Gasteiger partial charge in [0.05, 0.1) is 12.1 Å². The maximum atomic E-state index is 12.9. The number of imide groups is 1. The third kappa shape index (κ3) is 2.73. The third-order valence-corrected chi connectivity index (χ3v) is 4.90. The van der Waals surface area contributed by atoms with Crippen LogP contribution in [-0.4, -0.2) is 17.9 Å². The first-order chi connectivity index (χ1) is 12.5. The number of benzene rings is 3. The third-order valence-electron chi connectivity index (χ3n) is 4.90. The summed E-state index contributed by atoms with van der Waals surface area (Å²) in [6, 6.07) is 19.3. The molecule has 0 radical (unpaired) electrons. The van der Waals surface area contributed by atoms with E-state index in [0.717, 1.165) is 27.6 Å². The van der Waals surface area contributed by atoms with Crippen LogP contribution in [0.2, 0.25) is 0 Å². The number of anilines is 2. The normalized spacial score (nSPS) is 17.2. The number of rotatable bonds is 3. The van der Waals surface area contributed by atoms with Crippen LogP contribution < -0.4 is 10.2 Å². The number of nitrogens with zero attached hydrogens (tertiary/aromatic N) is 1. The number of carbonyl (C=O) groups excluding carboxylic acids is 2. The highest BCUT2D eigenvalue weighted by atomic mass is 16.2. The van der Waals surface area contributed by atoms with Crippen LogP contribution in [0.15, 0.2) is 60.7 Å². The standard InChI is InChI=1S/C22H20N2O2/c1-14-6-5-7-15(2)21(14)24-20(25)13-19(22(24)26)23-18-11-10-16-8-3-4-9-17(16)12-18/h3-12,19,23H,13H2,1-2H3/t19-/m0/s1. The van der Waals surface area contributed by atoms with Crippen LogP contribution in [0, 0.1) is 13.8 Å². The van der Waals surface area contributed by atoms with E-state index in [2.05, 4.69) is 5.32 Å². The van der Waals surface area contributed by atoms with Gasteiger partial charge in [-0.25, -0.2) is 4.90 Å². The second-order valence-corrected chi connectivity index (χ2v) is 6.77. The fourth-order valence-corrected chi connectivity index (χ4v) is 3.62. The lowest BCUT2D eigenvalue weighted by molar-refractivity contribution is -0.121. The molecule has 3 aromatic rings. The van der Waals surface area contributed by atoms with Crippen molar-refractivity contribution < 1.29 is 9.59 Å². The molecule has 1 fully saturated rings. The predicted molar refractivity (Wildman–Crippen MR) is 104 cm³/mol. The zero-order valence-electron chi connectivity index (χ0n) is 14.8. The SMILES string of the molecule is Cc1cccc(C)c1N1C(=O)C[C@H](Nc2ccc3ccccc3c2)C1=O. The zero-order valence-corrected chi connectivity index (χ0v) is 14.8. The largest absolute Gasteiger partial charge is 0.373 e. The van der Waals surface area contributed by atoms with E-state index in [-0.39, 0.29) is 18.2 Å². The van der Waals surface area contributed by atoms with Crippen molar-refractivity contribution in [3.8, 4) is 0 Å². The second-order valence-electron chi connectivity index (χ2n) is 6.77. The van der Waals surface area contributed by atoms with E-state index in [4.69, 9.17) is 0 Å². The highest BCUT2D eigenvalue weighted by molar-refractivity contribution is 6.23. The molecule has 1 saturated heterocycles. The van der Waals surface area contributed by atoms with Crippen molar-refractivity contribution >= 4 is 34.0 Å². The molecular weight excluding hydrogens is 324 g/mol. The van der Waals surface area contributed by atoms with Crippen LogP contribution in [0.25, 0.3) is 10.8 Å². The molecule has 0 saturated carbocycles. The molecule has 3 aromatic carbocycles. The van der Waals surface area contributed by atoms with Gasteiger partial charge in [0.2, 0.25) is 5.91 Å². The molecule has 1 aliphatic heterocycles. The minimum absolute atomic E-state index is 0.161. The van der Waals surface area contributed by atoms with Gasteiger partial charge in [-0.15, -0.1) is 0 Å². The molecule has 1 aliphatic rings. The summed E-state index contributed by atoms with van der Waals surface area (Å²) < 4.78 is 0. The Labute approximate surface area is 152 Å². The van der Waals surface area contributed by atoms with Gasteiger partial charge in [-0.2, -0.15) is 0 Å². The minimum atomic E-state index is -0.539. The molecule has 0 bridgehead atoms. The summed E-state index contributed by atoms with van der Waals surface area (Å²) in [5.41, 5.74) is 3.42. The smallest absolute Gasteiger partial charge is 0.256 e. The predicted octanol–water partition coefficient (Wildman–Crippen LogP) is 4.20. The first-order valence-electron chi connectivity index (χ1n) is 8.73. The summed E-state index contributed by atoms with van der Waals surface area (Å²) in [5, 5.41) is 5.48. The monoisotopic (exact) mass is 344 g/mol. The lowest BCUT2D eigenvalue weighted by Crippen LogP contribution is -2.35. The Kier molecular flexibility index (Phi) is 3.96. The Morgan fingerprint density at radius 1 is 0.885 bits per heavy atom. The Morgan fingerprint density at radius 3 is 2.31 bits per heavy atom. The molecule has 4 heteroatoms. The molecule has 0 spiro atoms. The fraction of sp³-hybridized carbons (Fsp3) is 0.182. The Morgan fingerprint density at radius 2 is 1.58 bits per heavy atom. The fourth-order valence-electron chi connectivity index (χ4n) is 3.62. The summed E-state index contributed by atoms with van der Waals surface area (Å²) in [7, 11) is 0. The van der Waals surface area contributed by atoms with Gasteiger partial charge < -0.3 is 5.32 Å². The van der Waals surface area contributed by atoms with Gasteiger partial charge in [0.1, 0.15) is 6.04 Å². The van der Waals surface area contributed by atoms with Crippen LogP contribution in [0.3, 0.4) is 0 Å². The molecule has 130 valence electrons. The van der Waals surface area contributed by atoms with E-state index in [1.807, 2.05) is 74.5 Å². The Balaban J connectivity index is 1.62. The highest BCUT2D eigenvalue weighted by Gasteiger charge is 2.40. The molecule has 4 nitrogen and oxygen atoms in total. The maximum absolute atomic E-state index is 12.9.